The first kappa shape index (κ1) is 31.5. The number of hydrogen-bond acceptors (Lipinski definition) is 7. The van der Waals surface area contributed by atoms with Crippen molar-refractivity contribution in [2.45, 2.75) is 57.2 Å². The summed E-state index contributed by atoms with van der Waals surface area (Å²) in [5.74, 6) is -0.319. The number of nitrogens with zero attached hydrogens (tertiary/aromatic N) is 1. The maximum Gasteiger partial charge on any atom is 0.243 e. The summed E-state index contributed by atoms with van der Waals surface area (Å²) in [5.41, 5.74) is 14.1. The zero-order valence-electron chi connectivity index (χ0n) is 24.7. The van der Waals surface area contributed by atoms with Crippen LogP contribution in [0.15, 0.2) is 42.5 Å². The fourth-order valence-electron chi connectivity index (χ4n) is 5.22. The number of benzene rings is 2. The molecule has 1 aliphatic carbocycles. The topological polar surface area (TPSA) is 200 Å². The van der Waals surface area contributed by atoms with Gasteiger partial charge in [0.15, 0.2) is 0 Å². The molecule has 0 spiro atoms. The number of ether oxygens (including phenoxy) is 1. The van der Waals surface area contributed by atoms with E-state index >= 15 is 0 Å². The molecule has 1 fully saturated rings. The first-order chi connectivity index (χ1) is 20.6. The highest BCUT2D eigenvalue weighted by molar-refractivity contribution is 5.97. The molecule has 4 rings (SSSR count). The van der Waals surface area contributed by atoms with Crippen LogP contribution < -0.4 is 32.2 Å². The van der Waals surface area contributed by atoms with E-state index in [2.05, 4.69) is 16.0 Å². The van der Waals surface area contributed by atoms with Gasteiger partial charge in [-0.3, -0.25) is 25.2 Å². The van der Waals surface area contributed by atoms with Gasteiger partial charge in [0.2, 0.25) is 17.7 Å². The summed E-state index contributed by atoms with van der Waals surface area (Å²) in [6.45, 7) is 2.69. The Balaban J connectivity index is 1.59. The number of rotatable bonds is 5. The number of carbonyl (C=O) groups excluding carboxylic acids is 3. The number of carbonyl (C=O) groups is 3. The van der Waals surface area contributed by atoms with Crippen LogP contribution in [0.1, 0.15) is 48.4 Å². The molecule has 3 atom stereocenters. The van der Waals surface area contributed by atoms with Crippen LogP contribution in [0.5, 0.6) is 5.75 Å². The first-order valence-corrected chi connectivity index (χ1v) is 14.7. The molecule has 12 heteroatoms. The zero-order chi connectivity index (χ0) is 31.1. The Morgan fingerprint density at radius 2 is 1.72 bits per heavy atom. The second kappa shape index (κ2) is 14.1. The summed E-state index contributed by atoms with van der Waals surface area (Å²) < 4.78 is 6.09. The Kier molecular flexibility index (Phi) is 10.4. The van der Waals surface area contributed by atoms with Crippen molar-refractivity contribution >= 4 is 29.4 Å². The Morgan fingerprint density at radius 3 is 2.37 bits per heavy atom. The predicted octanol–water partition coefficient (Wildman–Crippen LogP) is 0.639. The molecule has 230 valence electrons. The average Bonchev–Trinajstić information content (AvgIpc) is 3.83. The summed E-state index contributed by atoms with van der Waals surface area (Å²) in [7, 11) is 1.60. The lowest BCUT2D eigenvalue weighted by atomic mass is 10.0. The third kappa shape index (κ3) is 8.10. The summed E-state index contributed by atoms with van der Waals surface area (Å²) in [5, 5.41) is 24.8. The fourth-order valence-corrected chi connectivity index (χ4v) is 5.22. The van der Waals surface area contributed by atoms with Gasteiger partial charge in [-0.05, 0) is 50.2 Å². The van der Waals surface area contributed by atoms with E-state index in [1.54, 1.807) is 50.4 Å². The number of amides is 3. The lowest BCUT2D eigenvalue weighted by Crippen LogP contribution is -2.56. The second-order valence-electron chi connectivity index (χ2n) is 11.2. The van der Waals surface area contributed by atoms with Gasteiger partial charge in [-0.1, -0.05) is 36.4 Å². The highest BCUT2D eigenvalue weighted by Gasteiger charge is 2.39. The van der Waals surface area contributed by atoms with Crippen LogP contribution in [0.25, 0.3) is 0 Å². The molecule has 3 amide bonds. The van der Waals surface area contributed by atoms with Gasteiger partial charge < -0.3 is 37.1 Å². The van der Waals surface area contributed by atoms with Crippen LogP contribution in [-0.2, 0) is 27.2 Å². The summed E-state index contributed by atoms with van der Waals surface area (Å²) in [6, 6.07) is 10.2. The third-order valence-electron chi connectivity index (χ3n) is 8.06. The molecule has 1 aliphatic heterocycles. The number of likely N-dealkylation sites (N-methyl/N-ethyl adjacent to an activating group) is 1. The van der Waals surface area contributed by atoms with Crippen molar-refractivity contribution in [1.29, 1.82) is 10.8 Å². The lowest BCUT2D eigenvalue weighted by molar-refractivity contribution is -0.141. The molecule has 1 saturated carbocycles. The van der Waals surface area contributed by atoms with Gasteiger partial charge in [0.1, 0.15) is 36.1 Å². The molecule has 0 aromatic heterocycles. The summed E-state index contributed by atoms with van der Waals surface area (Å²) >= 11 is 0. The van der Waals surface area contributed by atoms with Gasteiger partial charge in [0, 0.05) is 43.2 Å². The largest absolute Gasteiger partial charge is 0.492 e. The number of nitrogen functional groups attached to an aromatic ring is 2. The molecule has 2 aliphatic rings. The molecule has 12 nitrogen and oxygen atoms in total. The second-order valence-corrected chi connectivity index (χ2v) is 11.2. The van der Waals surface area contributed by atoms with E-state index in [1.165, 1.54) is 4.90 Å². The maximum absolute atomic E-state index is 13.5. The van der Waals surface area contributed by atoms with Crippen molar-refractivity contribution in [3.63, 3.8) is 0 Å². The molecule has 43 heavy (non-hydrogen) atoms. The van der Waals surface area contributed by atoms with Crippen molar-refractivity contribution in [3.8, 4) is 5.75 Å². The molecule has 2 aromatic carbocycles. The van der Waals surface area contributed by atoms with Crippen LogP contribution in [0.3, 0.4) is 0 Å². The standard InChI is InChI=1S/C31H42N8O4/c1-18-29(40)38-24(17-19-8-10-21(11-9-19)27(32)33)30(41)37-14-4-6-22-23(28(34)35)5-3-7-25(22)43-16-15-36-26(20-12-13-20)31(42)39(18)2/h3,5,7-11,18,20,24,26,36H,4,6,12-17H2,1-2H3,(H3,32,33)(H3,34,35)(H,37,41)(H,38,40)/t18-,24-,26+/m1/s1. The van der Waals surface area contributed by atoms with E-state index in [-0.39, 0.29) is 35.8 Å². The molecule has 0 saturated heterocycles. The Morgan fingerprint density at radius 1 is 1.00 bits per heavy atom. The maximum atomic E-state index is 13.5. The predicted molar refractivity (Wildman–Crippen MR) is 164 cm³/mol. The molecule has 0 radical (unpaired) electrons. The van der Waals surface area contributed by atoms with Crippen molar-refractivity contribution < 1.29 is 19.1 Å². The van der Waals surface area contributed by atoms with Gasteiger partial charge >= 0.3 is 0 Å². The molecule has 9 N–H and O–H groups in total. The smallest absolute Gasteiger partial charge is 0.243 e. The van der Waals surface area contributed by atoms with Gasteiger partial charge in [-0.15, -0.1) is 0 Å². The minimum Gasteiger partial charge on any atom is -0.492 e. The van der Waals surface area contributed by atoms with Crippen LogP contribution in [0.4, 0.5) is 0 Å². The number of fused-ring (bicyclic) bond motifs is 1. The normalized spacial score (nSPS) is 22.7. The van der Waals surface area contributed by atoms with Gasteiger partial charge in [-0.25, -0.2) is 0 Å². The van der Waals surface area contributed by atoms with Crippen molar-refractivity contribution in [3.05, 3.63) is 64.7 Å². The number of amidine groups is 2. The highest BCUT2D eigenvalue weighted by Crippen LogP contribution is 2.33. The summed E-state index contributed by atoms with van der Waals surface area (Å²) in [4.78, 5) is 41.7. The van der Waals surface area contributed by atoms with Gasteiger partial charge in [0.25, 0.3) is 0 Å². The molecule has 1 heterocycles. The number of nitrogens with one attached hydrogen (secondary N) is 5. The van der Waals surface area contributed by atoms with Crippen molar-refractivity contribution in [2.24, 2.45) is 17.4 Å². The lowest BCUT2D eigenvalue weighted by Gasteiger charge is -2.30. The van der Waals surface area contributed by atoms with Gasteiger partial charge in [0.05, 0.1) is 6.04 Å². The van der Waals surface area contributed by atoms with Crippen LogP contribution >= 0.6 is 0 Å². The molecule has 0 bridgehead atoms. The SMILES string of the molecule is C[C@@H]1C(=O)N[C@H](Cc2ccc(C(=N)N)cc2)C(=O)NCCCc2c(cccc2C(=N)N)OCCN[C@@H](C2CC2)C(=O)N1C. The number of nitrogens with two attached hydrogens (primary N) is 2. The van der Waals surface area contributed by atoms with Crippen molar-refractivity contribution in [2.75, 3.05) is 26.7 Å². The van der Waals surface area contributed by atoms with Crippen LogP contribution in [-0.4, -0.2) is 79.2 Å². The van der Waals surface area contributed by atoms with Crippen molar-refractivity contribution in [1.82, 2.24) is 20.9 Å². The van der Waals surface area contributed by atoms with E-state index in [9.17, 15) is 14.4 Å². The molecular formula is C31H42N8O4. The average molecular weight is 591 g/mol. The van der Waals surface area contributed by atoms with E-state index in [1.807, 2.05) is 6.07 Å². The molecular weight excluding hydrogens is 548 g/mol. The van der Waals surface area contributed by atoms with Crippen LogP contribution in [0, 0.1) is 16.7 Å². The third-order valence-corrected chi connectivity index (χ3v) is 8.06. The van der Waals surface area contributed by atoms with E-state index in [0.717, 1.165) is 24.0 Å². The molecule has 2 aromatic rings. The fraction of sp³-hybridized carbons (Fsp3) is 0.452. The van der Waals surface area contributed by atoms with E-state index < -0.39 is 24.0 Å². The minimum atomic E-state index is -0.902. The first-order valence-electron chi connectivity index (χ1n) is 14.7. The van der Waals surface area contributed by atoms with Gasteiger partial charge in [-0.2, -0.15) is 0 Å². The summed E-state index contributed by atoms with van der Waals surface area (Å²) in [6.07, 6.45) is 3.11. The minimum absolute atomic E-state index is 0.0609. The Hall–Kier alpha value is -4.45. The zero-order valence-corrected chi connectivity index (χ0v) is 24.7. The Bertz CT molecular complexity index is 1360. The number of hydrogen-bond donors (Lipinski definition) is 7. The van der Waals surface area contributed by atoms with E-state index in [4.69, 9.17) is 27.0 Å². The Labute approximate surface area is 251 Å². The van der Waals surface area contributed by atoms with E-state index in [0.29, 0.717) is 49.4 Å². The quantitative estimate of drug-likeness (QED) is 0.196. The highest BCUT2D eigenvalue weighted by atomic mass is 16.5. The monoisotopic (exact) mass is 590 g/mol. The molecule has 0 unspecified atom stereocenters. The van der Waals surface area contributed by atoms with Crippen LogP contribution in [0.2, 0.25) is 0 Å².